The van der Waals surface area contributed by atoms with Crippen molar-refractivity contribution in [2.24, 2.45) is 0 Å². The van der Waals surface area contributed by atoms with E-state index >= 15 is 0 Å². The standard InChI is InChI=1S/C11H17NO4S/c1-3-17(14,15)12-8-11(13)9-5-4-6-10(7-9)16-2/h4-7,11-13H,3,8H2,1-2H3. The SMILES string of the molecule is CCS(=O)(=O)NCC(O)c1cccc(OC)c1. The molecule has 0 heterocycles. The van der Waals surface area contributed by atoms with Crippen LogP contribution in [0, 0.1) is 0 Å². The van der Waals surface area contributed by atoms with E-state index in [0.29, 0.717) is 11.3 Å². The minimum atomic E-state index is -3.28. The first kappa shape index (κ1) is 14.0. The van der Waals surface area contributed by atoms with Crippen molar-refractivity contribution >= 4 is 10.0 Å². The molecule has 1 aromatic carbocycles. The lowest BCUT2D eigenvalue weighted by Crippen LogP contribution is -2.29. The molecule has 1 rings (SSSR count). The van der Waals surface area contributed by atoms with E-state index in [1.807, 2.05) is 0 Å². The molecule has 0 amide bonds. The third-order valence-electron chi connectivity index (χ3n) is 2.36. The van der Waals surface area contributed by atoms with Crippen molar-refractivity contribution in [1.29, 1.82) is 0 Å². The number of rotatable bonds is 6. The van der Waals surface area contributed by atoms with E-state index < -0.39 is 16.1 Å². The van der Waals surface area contributed by atoms with Gasteiger partial charge in [-0.25, -0.2) is 13.1 Å². The molecule has 0 radical (unpaired) electrons. The Balaban J connectivity index is 2.66. The van der Waals surface area contributed by atoms with Gasteiger partial charge in [0, 0.05) is 6.54 Å². The summed E-state index contributed by atoms with van der Waals surface area (Å²) in [7, 11) is -1.75. The van der Waals surface area contributed by atoms with Crippen molar-refractivity contribution in [2.45, 2.75) is 13.0 Å². The van der Waals surface area contributed by atoms with Gasteiger partial charge < -0.3 is 9.84 Å². The van der Waals surface area contributed by atoms with E-state index in [1.54, 1.807) is 31.2 Å². The van der Waals surface area contributed by atoms with Crippen LogP contribution in [0.1, 0.15) is 18.6 Å². The largest absolute Gasteiger partial charge is 0.497 e. The number of nitrogens with one attached hydrogen (secondary N) is 1. The molecule has 0 bridgehead atoms. The molecule has 1 aromatic rings. The van der Waals surface area contributed by atoms with Gasteiger partial charge in [-0.3, -0.25) is 0 Å². The number of methoxy groups -OCH3 is 1. The molecule has 17 heavy (non-hydrogen) atoms. The van der Waals surface area contributed by atoms with Gasteiger partial charge in [-0.2, -0.15) is 0 Å². The third kappa shape index (κ3) is 4.33. The summed E-state index contributed by atoms with van der Waals surface area (Å²) in [6, 6.07) is 6.89. The van der Waals surface area contributed by atoms with Crippen LogP contribution in [-0.2, 0) is 10.0 Å². The molecule has 1 atom stereocenters. The molecule has 0 aliphatic rings. The second kappa shape index (κ2) is 6.00. The van der Waals surface area contributed by atoms with Gasteiger partial charge in [-0.1, -0.05) is 12.1 Å². The summed E-state index contributed by atoms with van der Waals surface area (Å²) in [6.45, 7) is 1.50. The maximum atomic E-state index is 11.2. The fourth-order valence-electron chi connectivity index (χ4n) is 1.27. The number of sulfonamides is 1. The predicted octanol–water partition coefficient (Wildman–Crippen LogP) is 0.668. The lowest BCUT2D eigenvalue weighted by Gasteiger charge is -2.12. The van der Waals surface area contributed by atoms with Crippen LogP contribution in [0.4, 0.5) is 0 Å². The van der Waals surface area contributed by atoms with E-state index in [9.17, 15) is 13.5 Å². The highest BCUT2D eigenvalue weighted by atomic mass is 32.2. The van der Waals surface area contributed by atoms with Crippen LogP contribution in [0.25, 0.3) is 0 Å². The Hall–Kier alpha value is -1.11. The number of ether oxygens (including phenoxy) is 1. The van der Waals surface area contributed by atoms with Gasteiger partial charge in [0.05, 0.1) is 19.0 Å². The van der Waals surface area contributed by atoms with E-state index in [1.165, 1.54) is 7.11 Å². The molecule has 0 aromatic heterocycles. The lowest BCUT2D eigenvalue weighted by molar-refractivity contribution is 0.181. The summed E-state index contributed by atoms with van der Waals surface area (Å²) >= 11 is 0. The highest BCUT2D eigenvalue weighted by Crippen LogP contribution is 2.18. The molecule has 0 fully saturated rings. The number of aliphatic hydroxyl groups excluding tert-OH is 1. The van der Waals surface area contributed by atoms with E-state index in [2.05, 4.69) is 4.72 Å². The zero-order valence-corrected chi connectivity index (χ0v) is 10.7. The first-order chi connectivity index (χ1) is 7.98. The van der Waals surface area contributed by atoms with Crippen LogP contribution >= 0.6 is 0 Å². The number of hydrogen-bond donors (Lipinski definition) is 2. The molecule has 0 saturated heterocycles. The Morgan fingerprint density at radius 1 is 1.47 bits per heavy atom. The predicted molar refractivity (Wildman–Crippen MR) is 65.4 cm³/mol. The zero-order valence-electron chi connectivity index (χ0n) is 9.88. The van der Waals surface area contributed by atoms with Crippen molar-refractivity contribution in [3.63, 3.8) is 0 Å². The van der Waals surface area contributed by atoms with Crippen molar-refractivity contribution in [2.75, 3.05) is 19.4 Å². The summed E-state index contributed by atoms with van der Waals surface area (Å²) in [6.07, 6.45) is -0.883. The molecule has 6 heteroatoms. The second-order valence-corrected chi connectivity index (χ2v) is 5.64. The average molecular weight is 259 g/mol. The van der Waals surface area contributed by atoms with Crippen LogP contribution in [0.3, 0.4) is 0 Å². The van der Waals surface area contributed by atoms with Crippen LogP contribution in [0.5, 0.6) is 5.75 Å². The summed E-state index contributed by atoms with van der Waals surface area (Å²) in [5.41, 5.74) is 0.614. The minimum absolute atomic E-state index is 0.00215. The number of benzene rings is 1. The Kier molecular flexibility index (Phi) is 4.92. The monoisotopic (exact) mass is 259 g/mol. The van der Waals surface area contributed by atoms with Crippen molar-refractivity contribution in [1.82, 2.24) is 4.72 Å². The number of aliphatic hydroxyl groups is 1. The summed E-state index contributed by atoms with van der Waals surface area (Å²) < 4.78 is 29.8. The molecular weight excluding hydrogens is 242 g/mol. The van der Waals surface area contributed by atoms with Crippen molar-refractivity contribution in [3.8, 4) is 5.75 Å². The van der Waals surface area contributed by atoms with E-state index in [4.69, 9.17) is 4.74 Å². The fourth-order valence-corrected chi connectivity index (χ4v) is 1.89. The molecule has 1 unspecified atom stereocenters. The molecule has 0 spiro atoms. The van der Waals surface area contributed by atoms with Crippen LogP contribution in [-0.4, -0.2) is 32.9 Å². The highest BCUT2D eigenvalue weighted by molar-refractivity contribution is 7.89. The maximum Gasteiger partial charge on any atom is 0.211 e. The quantitative estimate of drug-likeness (QED) is 0.787. The Labute approximate surface area is 101 Å². The summed E-state index contributed by atoms with van der Waals surface area (Å²) in [4.78, 5) is 0. The molecule has 0 aliphatic heterocycles. The second-order valence-electron chi connectivity index (χ2n) is 3.54. The first-order valence-corrected chi connectivity index (χ1v) is 6.93. The smallest absolute Gasteiger partial charge is 0.211 e. The first-order valence-electron chi connectivity index (χ1n) is 5.28. The summed E-state index contributed by atoms with van der Waals surface area (Å²) in [5.74, 6) is 0.623. The van der Waals surface area contributed by atoms with Gasteiger partial charge in [0.15, 0.2) is 0 Å². The highest BCUT2D eigenvalue weighted by Gasteiger charge is 2.12. The summed E-state index contributed by atoms with van der Waals surface area (Å²) in [5, 5.41) is 9.82. The topological polar surface area (TPSA) is 75.6 Å². The molecule has 5 nitrogen and oxygen atoms in total. The van der Waals surface area contributed by atoms with Gasteiger partial charge >= 0.3 is 0 Å². The molecule has 2 N–H and O–H groups in total. The molecule has 0 saturated carbocycles. The molecule has 96 valence electrons. The Bertz CT molecular complexity index is 458. The van der Waals surface area contributed by atoms with Crippen LogP contribution < -0.4 is 9.46 Å². The van der Waals surface area contributed by atoms with Crippen molar-refractivity contribution in [3.05, 3.63) is 29.8 Å². The van der Waals surface area contributed by atoms with Crippen LogP contribution in [0.15, 0.2) is 24.3 Å². The molecule has 0 aliphatic carbocycles. The van der Waals surface area contributed by atoms with E-state index in [0.717, 1.165) is 0 Å². The third-order valence-corrected chi connectivity index (χ3v) is 3.72. The van der Waals surface area contributed by atoms with Crippen molar-refractivity contribution < 1.29 is 18.3 Å². The van der Waals surface area contributed by atoms with Gasteiger partial charge in [0.25, 0.3) is 0 Å². The van der Waals surface area contributed by atoms with Gasteiger partial charge in [0.2, 0.25) is 10.0 Å². The van der Waals surface area contributed by atoms with Gasteiger partial charge in [-0.15, -0.1) is 0 Å². The zero-order chi connectivity index (χ0) is 12.9. The van der Waals surface area contributed by atoms with Gasteiger partial charge in [0.1, 0.15) is 5.75 Å². The van der Waals surface area contributed by atoms with Gasteiger partial charge in [-0.05, 0) is 24.6 Å². The molecular formula is C11H17NO4S. The Morgan fingerprint density at radius 3 is 2.76 bits per heavy atom. The minimum Gasteiger partial charge on any atom is -0.497 e. The lowest BCUT2D eigenvalue weighted by atomic mass is 10.1. The van der Waals surface area contributed by atoms with Crippen LogP contribution in [0.2, 0.25) is 0 Å². The number of hydrogen-bond acceptors (Lipinski definition) is 4. The van der Waals surface area contributed by atoms with E-state index in [-0.39, 0.29) is 12.3 Å². The fraction of sp³-hybridized carbons (Fsp3) is 0.455. The maximum absolute atomic E-state index is 11.2. The average Bonchev–Trinajstić information content (AvgIpc) is 2.36. The Morgan fingerprint density at radius 2 is 2.18 bits per heavy atom. The normalized spacial score (nSPS) is 13.4.